The maximum atomic E-state index is 13.1. The number of hydrazone groups is 1. The number of hydrogen-bond donors (Lipinski definition) is 1. The molecule has 1 N–H and O–H groups in total. The fraction of sp³-hybridized carbons (Fsp3) is 0.500. The van der Waals surface area contributed by atoms with Crippen LogP contribution in [-0.4, -0.2) is 60.0 Å². The number of carbonyl (C=O) groups excluding carboxylic acids is 1. The molecule has 1 heterocycles. The summed E-state index contributed by atoms with van der Waals surface area (Å²) in [5.41, 5.74) is 2.69. The van der Waals surface area contributed by atoms with Crippen molar-refractivity contribution >= 4 is 17.4 Å². The number of carbonyl (C=O) groups is 1. The fourth-order valence-electron chi connectivity index (χ4n) is 4.13. The van der Waals surface area contributed by atoms with Crippen molar-refractivity contribution < 1.29 is 14.3 Å². The fourth-order valence-corrected chi connectivity index (χ4v) is 4.13. The lowest BCUT2D eigenvalue weighted by molar-refractivity contribution is 0.213. The zero-order chi connectivity index (χ0) is 25.4. The van der Waals surface area contributed by atoms with Crippen LogP contribution < -0.4 is 14.8 Å². The lowest BCUT2D eigenvalue weighted by Crippen LogP contribution is -2.32. The van der Waals surface area contributed by atoms with Gasteiger partial charge in [0.1, 0.15) is 11.5 Å². The molecule has 0 aromatic heterocycles. The summed E-state index contributed by atoms with van der Waals surface area (Å²) in [7, 11) is 0. The number of benzene rings is 2. The van der Waals surface area contributed by atoms with Crippen molar-refractivity contribution in [3.63, 3.8) is 0 Å². The van der Waals surface area contributed by atoms with Crippen LogP contribution in [0.3, 0.4) is 0 Å². The maximum Gasteiger partial charge on any atom is 0.342 e. The topological polar surface area (TPSA) is 66.4 Å². The van der Waals surface area contributed by atoms with Crippen LogP contribution >= 0.6 is 0 Å². The van der Waals surface area contributed by atoms with Crippen LogP contribution in [0.15, 0.2) is 53.6 Å². The van der Waals surface area contributed by atoms with Gasteiger partial charge in [0.2, 0.25) is 0 Å². The van der Waals surface area contributed by atoms with Crippen molar-refractivity contribution in [3.8, 4) is 11.5 Å². The molecule has 0 fully saturated rings. The van der Waals surface area contributed by atoms with E-state index < -0.39 is 0 Å². The summed E-state index contributed by atoms with van der Waals surface area (Å²) < 4.78 is 11.5. The number of amides is 2. The van der Waals surface area contributed by atoms with E-state index in [0.717, 1.165) is 48.8 Å². The van der Waals surface area contributed by atoms with Gasteiger partial charge in [-0.3, -0.25) is 0 Å². The Hall–Kier alpha value is -3.06. The van der Waals surface area contributed by atoms with Crippen LogP contribution in [0.5, 0.6) is 11.5 Å². The summed E-state index contributed by atoms with van der Waals surface area (Å²) in [4.78, 5) is 15.5. The standard InChI is InChI=1S/C28H40N4O3/c1-7-31(8-2)18-17-23-19-32(28(33)29-24-11-15-26(16-12-24)35-21(5)6)30-27(23)22-9-13-25(14-10-22)34-20(3)4/h9-16,20-21,23H,7-8,17-19H2,1-6H3,(H,29,33). The third kappa shape index (κ3) is 7.72. The molecule has 190 valence electrons. The third-order valence-electron chi connectivity index (χ3n) is 5.93. The molecular weight excluding hydrogens is 440 g/mol. The molecule has 1 aliphatic heterocycles. The van der Waals surface area contributed by atoms with Gasteiger partial charge in [-0.05, 0) is 108 Å². The molecule has 0 saturated heterocycles. The van der Waals surface area contributed by atoms with Crippen molar-refractivity contribution in [3.05, 3.63) is 54.1 Å². The van der Waals surface area contributed by atoms with Gasteiger partial charge in [0.25, 0.3) is 0 Å². The van der Waals surface area contributed by atoms with Crippen molar-refractivity contribution in [2.45, 2.75) is 60.2 Å². The van der Waals surface area contributed by atoms with E-state index in [2.05, 4.69) is 24.1 Å². The van der Waals surface area contributed by atoms with Gasteiger partial charge in [0.05, 0.1) is 24.5 Å². The average molecular weight is 481 g/mol. The van der Waals surface area contributed by atoms with Gasteiger partial charge in [-0.25, -0.2) is 9.80 Å². The molecule has 2 aromatic rings. The smallest absolute Gasteiger partial charge is 0.342 e. The van der Waals surface area contributed by atoms with Crippen LogP contribution in [0.1, 0.15) is 53.5 Å². The summed E-state index contributed by atoms with van der Waals surface area (Å²) in [6.45, 7) is 15.9. The van der Waals surface area contributed by atoms with E-state index in [0.29, 0.717) is 12.2 Å². The SMILES string of the molecule is CCN(CC)CCC1CN(C(=O)Nc2ccc(OC(C)C)cc2)N=C1c1ccc(OC(C)C)cc1. The van der Waals surface area contributed by atoms with Crippen LogP contribution in [0, 0.1) is 5.92 Å². The third-order valence-corrected chi connectivity index (χ3v) is 5.93. The highest BCUT2D eigenvalue weighted by atomic mass is 16.5. The number of nitrogens with zero attached hydrogens (tertiary/aromatic N) is 3. The second-order valence-corrected chi connectivity index (χ2v) is 9.39. The molecule has 2 amide bonds. The average Bonchev–Trinajstić information content (AvgIpc) is 3.25. The van der Waals surface area contributed by atoms with E-state index in [-0.39, 0.29) is 24.2 Å². The van der Waals surface area contributed by atoms with Gasteiger partial charge in [0, 0.05) is 11.6 Å². The number of hydrogen-bond acceptors (Lipinski definition) is 5. The summed E-state index contributed by atoms with van der Waals surface area (Å²) in [5.74, 6) is 1.78. The molecule has 35 heavy (non-hydrogen) atoms. The van der Waals surface area contributed by atoms with Crippen molar-refractivity contribution in [2.75, 3.05) is 31.5 Å². The van der Waals surface area contributed by atoms with E-state index in [1.165, 1.54) is 0 Å². The Morgan fingerprint density at radius 1 is 0.971 bits per heavy atom. The van der Waals surface area contributed by atoms with Gasteiger partial charge in [-0.2, -0.15) is 5.10 Å². The molecule has 1 atom stereocenters. The largest absolute Gasteiger partial charge is 0.491 e. The minimum absolute atomic E-state index is 0.104. The van der Waals surface area contributed by atoms with E-state index in [4.69, 9.17) is 14.6 Å². The minimum atomic E-state index is -0.231. The summed E-state index contributed by atoms with van der Waals surface area (Å²) >= 11 is 0. The van der Waals surface area contributed by atoms with Crippen LogP contribution in [0.4, 0.5) is 10.5 Å². The molecule has 0 spiro atoms. The van der Waals surface area contributed by atoms with Crippen molar-refractivity contribution in [1.82, 2.24) is 9.91 Å². The number of rotatable bonds is 11. The highest BCUT2D eigenvalue weighted by Gasteiger charge is 2.31. The number of ether oxygens (including phenoxy) is 2. The van der Waals surface area contributed by atoms with E-state index in [9.17, 15) is 4.79 Å². The molecule has 0 radical (unpaired) electrons. The predicted molar refractivity (Wildman–Crippen MR) is 143 cm³/mol. The lowest BCUT2D eigenvalue weighted by Gasteiger charge is -2.21. The van der Waals surface area contributed by atoms with E-state index in [1.807, 2.05) is 76.2 Å². The van der Waals surface area contributed by atoms with Crippen LogP contribution in [0.2, 0.25) is 0 Å². The highest BCUT2D eigenvalue weighted by molar-refractivity contribution is 6.05. The second-order valence-electron chi connectivity index (χ2n) is 9.39. The Morgan fingerprint density at radius 3 is 2.03 bits per heavy atom. The normalized spacial score (nSPS) is 15.6. The molecule has 1 aliphatic rings. The lowest BCUT2D eigenvalue weighted by atomic mass is 9.94. The Labute approximate surface area is 210 Å². The zero-order valence-corrected chi connectivity index (χ0v) is 22.0. The molecule has 3 rings (SSSR count). The quantitative estimate of drug-likeness (QED) is 0.437. The van der Waals surface area contributed by atoms with Gasteiger partial charge >= 0.3 is 6.03 Å². The molecule has 0 bridgehead atoms. The monoisotopic (exact) mass is 480 g/mol. The zero-order valence-electron chi connectivity index (χ0n) is 22.0. The Balaban J connectivity index is 1.74. The first-order chi connectivity index (χ1) is 16.8. The maximum absolute atomic E-state index is 13.1. The molecular formula is C28H40N4O3. The first-order valence-corrected chi connectivity index (χ1v) is 12.7. The predicted octanol–water partition coefficient (Wildman–Crippen LogP) is 5.86. The second kappa shape index (κ2) is 12.6. The van der Waals surface area contributed by atoms with Crippen molar-refractivity contribution in [2.24, 2.45) is 11.0 Å². The van der Waals surface area contributed by atoms with E-state index in [1.54, 1.807) is 5.01 Å². The van der Waals surface area contributed by atoms with Crippen LogP contribution in [-0.2, 0) is 0 Å². The molecule has 0 aliphatic carbocycles. The highest BCUT2D eigenvalue weighted by Crippen LogP contribution is 2.26. The summed E-state index contributed by atoms with van der Waals surface area (Å²) in [5, 5.41) is 9.29. The molecule has 7 nitrogen and oxygen atoms in total. The van der Waals surface area contributed by atoms with Gasteiger partial charge < -0.3 is 19.7 Å². The number of anilines is 1. The molecule has 2 aromatic carbocycles. The minimum Gasteiger partial charge on any atom is -0.491 e. The first-order valence-electron chi connectivity index (χ1n) is 12.7. The molecule has 0 saturated carbocycles. The summed E-state index contributed by atoms with van der Waals surface area (Å²) in [6.07, 6.45) is 1.17. The summed E-state index contributed by atoms with van der Waals surface area (Å²) in [6, 6.07) is 15.2. The molecule has 7 heteroatoms. The van der Waals surface area contributed by atoms with Gasteiger partial charge in [-0.15, -0.1) is 0 Å². The Kier molecular flexibility index (Phi) is 9.55. The van der Waals surface area contributed by atoms with Crippen LogP contribution in [0.25, 0.3) is 0 Å². The number of urea groups is 1. The Morgan fingerprint density at radius 2 is 1.51 bits per heavy atom. The van der Waals surface area contributed by atoms with Gasteiger partial charge in [0.15, 0.2) is 0 Å². The van der Waals surface area contributed by atoms with E-state index >= 15 is 0 Å². The first kappa shape index (κ1) is 26.5. The van der Waals surface area contributed by atoms with Gasteiger partial charge in [-0.1, -0.05) is 13.8 Å². The number of nitrogens with one attached hydrogen (secondary N) is 1. The van der Waals surface area contributed by atoms with Crippen molar-refractivity contribution in [1.29, 1.82) is 0 Å². The Bertz CT molecular complexity index is 967. The molecule has 1 unspecified atom stereocenters.